The average Bonchev–Trinajstić information content (AvgIpc) is 3.24. The highest BCUT2D eigenvalue weighted by molar-refractivity contribution is 5.95. The minimum atomic E-state index is -4.47. The molecule has 2 aromatic carbocycles. The summed E-state index contributed by atoms with van der Waals surface area (Å²) in [6.07, 6.45) is -4.00. The van der Waals surface area contributed by atoms with Gasteiger partial charge in [-0.05, 0) is 49.4 Å². The summed E-state index contributed by atoms with van der Waals surface area (Å²) in [5.41, 5.74) is 2.47. The van der Waals surface area contributed by atoms with Gasteiger partial charge >= 0.3 is 6.18 Å². The summed E-state index contributed by atoms with van der Waals surface area (Å²) < 4.78 is 61.5. The van der Waals surface area contributed by atoms with Gasteiger partial charge in [-0.3, -0.25) is 9.69 Å². The molecule has 11 heteroatoms. The summed E-state index contributed by atoms with van der Waals surface area (Å²) in [5.74, 6) is 5.58. The van der Waals surface area contributed by atoms with Crippen molar-refractivity contribution < 1.29 is 27.1 Å². The summed E-state index contributed by atoms with van der Waals surface area (Å²) >= 11 is 0. The van der Waals surface area contributed by atoms with Crippen LogP contribution in [0, 0.1) is 11.8 Å². The Hall–Kier alpha value is -4.17. The Kier molecular flexibility index (Phi) is 8.35. The number of nitrogens with zero attached hydrogens (tertiary/aromatic N) is 2. The van der Waals surface area contributed by atoms with E-state index in [0.29, 0.717) is 52.3 Å². The highest BCUT2D eigenvalue weighted by Crippen LogP contribution is 2.32. The maximum absolute atomic E-state index is 14.5. The lowest BCUT2D eigenvalue weighted by molar-refractivity contribution is -0.140. The standard InChI is InChI=1S/C28H29F4N5O2/c1-33-27(38)18-9-10-24(26(14-18)39-3)34-12-5-6-19-15-20-22(35-23-11-13-36(2)16-21(23)29)7-4-8-25(20)37(19)17-28(30,31)32/h4,7-10,14-15,34-35H,11-13,16-17H2,1-3H3,(H,33,38). The van der Waals surface area contributed by atoms with E-state index in [1.54, 1.807) is 42.5 Å². The van der Waals surface area contributed by atoms with Gasteiger partial charge in [0.1, 0.15) is 18.1 Å². The van der Waals surface area contributed by atoms with Crippen LogP contribution in [-0.4, -0.2) is 62.4 Å². The molecule has 0 aliphatic carbocycles. The number of aromatic nitrogens is 1. The molecule has 3 aromatic rings. The second kappa shape index (κ2) is 11.7. The van der Waals surface area contributed by atoms with Crippen LogP contribution >= 0.6 is 0 Å². The van der Waals surface area contributed by atoms with Crippen molar-refractivity contribution in [1.82, 2.24) is 14.8 Å². The molecule has 2 heterocycles. The fourth-order valence-electron chi connectivity index (χ4n) is 4.39. The van der Waals surface area contributed by atoms with Crippen molar-refractivity contribution in [3.63, 3.8) is 0 Å². The van der Waals surface area contributed by atoms with Gasteiger partial charge in [-0.15, -0.1) is 0 Å². The first-order chi connectivity index (χ1) is 18.6. The van der Waals surface area contributed by atoms with E-state index in [0.717, 1.165) is 4.57 Å². The van der Waals surface area contributed by atoms with Crippen LogP contribution in [0.3, 0.4) is 0 Å². The monoisotopic (exact) mass is 543 g/mol. The molecule has 4 rings (SSSR count). The third kappa shape index (κ3) is 6.64. The van der Waals surface area contributed by atoms with E-state index in [4.69, 9.17) is 4.74 Å². The SMILES string of the molecule is CNC(=O)c1ccc(NCC#Cc2cc3c(NC4=C(F)CN(C)CC4)cccc3n2CC(F)(F)F)c(OC)c1. The summed E-state index contributed by atoms with van der Waals surface area (Å²) in [7, 11) is 4.82. The van der Waals surface area contributed by atoms with Crippen molar-refractivity contribution in [2.45, 2.75) is 19.1 Å². The lowest BCUT2D eigenvalue weighted by Gasteiger charge is -2.24. The molecule has 0 saturated carbocycles. The molecule has 7 nitrogen and oxygen atoms in total. The molecule has 206 valence electrons. The zero-order valence-corrected chi connectivity index (χ0v) is 21.8. The van der Waals surface area contributed by atoms with Gasteiger partial charge in [0.2, 0.25) is 0 Å². The van der Waals surface area contributed by atoms with E-state index in [9.17, 15) is 22.4 Å². The molecule has 3 N–H and O–H groups in total. The number of ether oxygens (including phenoxy) is 1. The Morgan fingerprint density at radius 2 is 1.95 bits per heavy atom. The molecule has 1 amide bonds. The molecule has 0 fully saturated rings. The van der Waals surface area contributed by atoms with Crippen LogP contribution in [0.4, 0.5) is 28.9 Å². The second-order valence-corrected chi connectivity index (χ2v) is 9.12. The topological polar surface area (TPSA) is 70.6 Å². The molecule has 0 atom stereocenters. The Bertz CT molecular complexity index is 1470. The first-order valence-corrected chi connectivity index (χ1v) is 12.2. The Morgan fingerprint density at radius 3 is 2.64 bits per heavy atom. The highest BCUT2D eigenvalue weighted by atomic mass is 19.4. The number of amides is 1. The highest BCUT2D eigenvalue weighted by Gasteiger charge is 2.30. The van der Waals surface area contributed by atoms with Gasteiger partial charge in [-0.25, -0.2) is 4.39 Å². The number of hydrogen-bond acceptors (Lipinski definition) is 5. The number of fused-ring (bicyclic) bond motifs is 1. The number of nitrogens with one attached hydrogen (secondary N) is 3. The van der Waals surface area contributed by atoms with Crippen LogP contribution in [0.5, 0.6) is 5.75 Å². The number of anilines is 2. The largest absolute Gasteiger partial charge is 0.495 e. The van der Waals surface area contributed by atoms with Crippen LogP contribution in [-0.2, 0) is 6.54 Å². The third-order valence-corrected chi connectivity index (χ3v) is 6.32. The molecule has 0 radical (unpaired) electrons. The van der Waals surface area contributed by atoms with Crippen LogP contribution < -0.4 is 20.7 Å². The Labute approximate surface area is 223 Å². The van der Waals surface area contributed by atoms with Crippen molar-refractivity contribution in [3.05, 3.63) is 65.2 Å². The normalized spacial score (nSPS) is 14.1. The summed E-state index contributed by atoms with van der Waals surface area (Å²) in [6.45, 7) is -0.256. The molecular formula is C28H29F4N5O2. The quantitative estimate of drug-likeness (QED) is 0.290. The summed E-state index contributed by atoms with van der Waals surface area (Å²) in [5, 5.41) is 9.22. The van der Waals surface area contributed by atoms with Crippen LogP contribution in [0.1, 0.15) is 22.5 Å². The first-order valence-electron chi connectivity index (χ1n) is 12.2. The lowest BCUT2D eigenvalue weighted by atomic mass is 10.1. The fraction of sp³-hybridized carbons (Fsp3) is 0.321. The predicted octanol–water partition coefficient (Wildman–Crippen LogP) is 4.96. The fourth-order valence-corrected chi connectivity index (χ4v) is 4.39. The molecule has 0 unspecified atom stereocenters. The predicted molar refractivity (Wildman–Crippen MR) is 144 cm³/mol. The van der Waals surface area contributed by atoms with Crippen molar-refractivity contribution in [1.29, 1.82) is 0 Å². The van der Waals surface area contributed by atoms with Gasteiger partial charge in [0.15, 0.2) is 0 Å². The maximum Gasteiger partial charge on any atom is 0.406 e. The number of hydrogen-bond donors (Lipinski definition) is 3. The second-order valence-electron chi connectivity index (χ2n) is 9.12. The van der Waals surface area contributed by atoms with Crippen LogP contribution in [0.15, 0.2) is 54.0 Å². The van der Waals surface area contributed by atoms with Gasteiger partial charge < -0.3 is 25.3 Å². The zero-order valence-electron chi connectivity index (χ0n) is 21.8. The van der Waals surface area contributed by atoms with Crippen molar-refractivity contribution in [2.24, 2.45) is 0 Å². The number of methoxy groups -OCH3 is 1. The molecule has 0 saturated heterocycles. The number of rotatable bonds is 7. The molecule has 1 aliphatic heterocycles. The average molecular weight is 544 g/mol. The lowest BCUT2D eigenvalue weighted by Crippen LogP contribution is -2.28. The molecule has 1 aliphatic rings. The zero-order chi connectivity index (χ0) is 28.2. The smallest absolute Gasteiger partial charge is 0.406 e. The molecule has 0 bridgehead atoms. The Balaban J connectivity index is 1.62. The van der Waals surface area contributed by atoms with E-state index >= 15 is 0 Å². The van der Waals surface area contributed by atoms with Crippen LogP contribution in [0.25, 0.3) is 10.9 Å². The number of carbonyl (C=O) groups is 1. The molecular weight excluding hydrogens is 514 g/mol. The minimum absolute atomic E-state index is 0.111. The van der Waals surface area contributed by atoms with Gasteiger partial charge in [0, 0.05) is 42.3 Å². The number of alkyl halides is 3. The summed E-state index contributed by atoms with van der Waals surface area (Å²) in [6, 6.07) is 11.4. The van der Waals surface area contributed by atoms with Gasteiger partial charge in [0.05, 0.1) is 37.1 Å². The third-order valence-electron chi connectivity index (χ3n) is 6.32. The molecule has 39 heavy (non-hydrogen) atoms. The van der Waals surface area contributed by atoms with Crippen LogP contribution in [0.2, 0.25) is 0 Å². The summed E-state index contributed by atoms with van der Waals surface area (Å²) in [4.78, 5) is 13.7. The maximum atomic E-state index is 14.5. The van der Waals surface area contributed by atoms with Crippen molar-refractivity contribution in [3.8, 4) is 17.6 Å². The van der Waals surface area contributed by atoms with Crippen molar-refractivity contribution >= 4 is 28.2 Å². The number of halogens is 4. The number of likely N-dealkylation sites (N-methyl/N-ethyl adjacent to an activating group) is 1. The van der Waals surface area contributed by atoms with E-state index < -0.39 is 12.7 Å². The first kappa shape index (κ1) is 27.9. The van der Waals surface area contributed by atoms with E-state index in [1.165, 1.54) is 14.2 Å². The molecule has 0 spiro atoms. The molecule has 1 aromatic heterocycles. The van der Waals surface area contributed by atoms with Gasteiger partial charge in [-0.1, -0.05) is 12.0 Å². The minimum Gasteiger partial charge on any atom is -0.495 e. The van der Waals surface area contributed by atoms with Gasteiger partial charge in [-0.2, -0.15) is 13.2 Å². The van der Waals surface area contributed by atoms with Gasteiger partial charge in [0.25, 0.3) is 5.91 Å². The van der Waals surface area contributed by atoms with Crippen molar-refractivity contribution in [2.75, 3.05) is 51.5 Å². The van der Waals surface area contributed by atoms with E-state index in [2.05, 4.69) is 27.8 Å². The van der Waals surface area contributed by atoms with E-state index in [-0.39, 0.29) is 30.5 Å². The van der Waals surface area contributed by atoms with E-state index in [1.807, 2.05) is 11.9 Å². The number of carbonyl (C=O) groups excluding carboxylic acids is 1. The Morgan fingerprint density at radius 1 is 1.15 bits per heavy atom. The number of benzene rings is 2.